The van der Waals surface area contributed by atoms with Gasteiger partial charge in [0, 0.05) is 0 Å². The molecule has 0 heterocycles. The third-order valence-electron chi connectivity index (χ3n) is 5.23. The lowest BCUT2D eigenvalue weighted by Gasteiger charge is -2.37. The molecule has 0 radical (unpaired) electrons. The molecule has 0 amide bonds. The van der Waals surface area contributed by atoms with Crippen LogP contribution in [0.15, 0.2) is 24.3 Å². The van der Waals surface area contributed by atoms with E-state index in [-0.39, 0.29) is 0 Å². The smallest absolute Gasteiger partial charge is 0.310 e. The number of hydrogen-bond acceptors (Lipinski definition) is 1. The van der Waals surface area contributed by atoms with Gasteiger partial charge in [-0.25, -0.2) is 0 Å². The molecule has 0 aromatic heterocycles. The molecule has 1 aliphatic carbocycles. The van der Waals surface area contributed by atoms with E-state index in [1.807, 2.05) is 12.1 Å². The average molecular weight is 288 g/mol. The van der Waals surface area contributed by atoms with Crippen LogP contribution in [-0.4, -0.2) is 11.1 Å². The van der Waals surface area contributed by atoms with Crippen molar-refractivity contribution in [2.24, 2.45) is 11.3 Å². The highest BCUT2D eigenvalue weighted by molar-refractivity contribution is 5.75. The maximum absolute atomic E-state index is 11.0. The summed E-state index contributed by atoms with van der Waals surface area (Å²) in [6.07, 6.45) is 5.13. The van der Waals surface area contributed by atoms with E-state index in [9.17, 15) is 4.79 Å². The van der Waals surface area contributed by atoms with Crippen molar-refractivity contribution in [3.8, 4) is 0 Å². The minimum atomic E-state index is -0.756. The first-order valence-corrected chi connectivity index (χ1v) is 8.11. The van der Waals surface area contributed by atoms with Crippen molar-refractivity contribution in [2.45, 2.75) is 65.2 Å². The number of rotatable bonds is 3. The van der Waals surface area contributed by atoms with Crippen molar-refractivity contribution in [1.29, 1.82) is 0 Å². The van der Waals surface area contributed by atoms with Gasteiger partial charge in [-0.05, 0) is 61.0 Å². The van der Waals surface area contributed by atoms with Crippen molar-refractivity contribution >= 4 is 5.97 Å². The zero-order valence-corrected chi connectivity index (χ0v) is 13.7. The highest BCUT2D eigenvalue weighted by Gasteiger charge is 2.30. The molecule has 0 bridgehead atoms. The van der Waals surface area contributed by atoms with Gasteiger partial charge in [-0.2, -0.15) is 0 Å². The molecule has 1 saturated carbocycles. The Morgan fingerprint density at radius 3 is 2.05 bits per heavy atom. The molecule has 1 fully saturated rings. The molecule has 2 rings (SSSR count). The van der Waals surface area contributed by atoms with Crippen LogP contribution >= 0.6 is 0 Å². The fraction of sp³-hybridized carbons (Fsp3) is 0.632. The number of aliphatic carboxylic acids is 1. The van der Waals surface area contributed by atoms with Gasteiger partial charge < -0.3 is 5.11 Å². The second-order valence-electron chi connectivity index (χ2n) is 7.64. The Balaban J connectivity index is 2.00. The van der Waals surface area contributed by atoms with Gasteiger partial charge in [-0.1, -0.05) is 45.0 Å². The maximum atomic E-state index is 11.0. The van der Waals surface area contributed by atoms with Crippen LogP contribution in [0.1, 0.15) is 76.3 Å². The van der Waals surface area contributed by atoms with Crippen molar-refractivity contribution in [3.05, 3.63) is 35.4 Å². The number of hydrogen-bond donors (Lipinski definition) is 1. The monoisotopic (exact) mass is 288 g/mol. The van der Waals surface area contributed by atoms with Gasteiger partial charge in [-0.15, -0.1) is 0 Å². The number of benzene rings is 1. The lowest BCUT2D eigenvalue weighted by Crippen LogP contribution is -2.25. The van der Waals surface area contributed by atoms with Crippen LogP contribution in [0.25, 0.3) is 0 Å². The van der Waals surface area contributed by atoms with Gasteiger partial charge in [-0.3, -0.25) is 4.79 Å². The Hall–Kier alpha value is -1.31. The predicted molar refractivity (Wildman–Crippen MR) is 86.6 cm³/mol. The quantitative estimate of drug-likeness (QED) is 0.830. The van der Waals surface area contributed by atoms with Crippen LogP contribution in [0.5, 0.6) is 0 Å². The Morgan fingerprint density at radius 1 is 1.10 bits per heavy atom. The normalized spacial score (nSPS) is 24.6. The highest BCUT2D eigenvalue weighted by atomic mass is 16.4. The van der Waals surface area contributed by atoms with Crippen LogP contribution < -0.4 is 0 Å². The molecular weight excluding hydrogens is 260 g/mol. The van der Waals surface area contributed by atoms with Crippen LogP contribution in [0, 0.1) is 11.3 Å². The highest BCUT2D eigenvalue weighted by Crippen LogP contribution is 2.43. The Bertz CT molecular complexity index is 473. The summed E-state index contributed by atoms with van der Waals surface area (Å²) in [5, 5.41) is 9.06. The van der Waals surface area contributed by atoms with Crippen molar-refractivity contribution in [2.75, 3.05) is 0 Å². The minimum absolute atomic E-state index is 0.421. The third-order valence-corrected chi connectivity index (χ3v) is 5.23. The fourth-order valence-electron chi connectivity index (χ4n) is 3.49. The van der Waals surface area contributed by atoms with E-state index in [4.69, 9.17) is 5.11 Å². The molecule has 116 valence electrons. The molecular formula is C19H28O2. The summed E-state index contributed by atoms with van der Waals surface area (Å²) < 4.78 is 0. The van der Waals surface area contributed by atoms with Crippen LogP contribution in [-0.2, 0) is 4.79 Å². The lowest BCUT2D eigenvalue weighted by atomic mass is 9.68. The summed E-state index contributed by atoms with van der Waals surface area (Å²) >= 11 is 0. The molecule has 1 aromatic rings. The molecule has 0 saturated heterocycles. The van der Waals surface area contributed by atoms with Gasteiger partial charge in [0.1, 0.15) is 0 Å². The zero-order valence-electron chi connectivity index (χ0n) is 13.7. The number of carboxylic acids is 1. The molecule has 1 aliphatic rings. The molecule has 1 aromatic carbocycles. The van der Waals surface area contributed by atoms with Gasteiger partial charge in [0.05, 0.1) is 5.92 Å². The summed E-state index contributed by atoms with van der Waals surface area (Å²) in [4.78, 5) is 11.0. The van der Waals surface area contributed by atoms with Crippen molar-refractivity contribution < 1.29 is 9.90 Å². The topological polar surface area (TPSA) is 37.3 Å². The van der Waals surface area contributed by atoms with E-state index < -0.39 is 11.9 Å². The number of carbonyl (C=O) groups is 1. The van der Waals surface area contributed by atoms with Crippen molar-refractivity contribution in [1.82, 2.24) is 0 Å². The first-order valence-electron chi connectivity index (χ1n) is 8.11. The summed E-state index contributed by atoms with van der Waals surface area (Å²) in [6, 6.07) is 8.25. The Labute approximate surface area is 128 Å². The first kappa shape index (κ1) is 16.1. The van der Waals surface area contributed by atoms with Crippen LogP contribution in [0.3, 0.4) is 0 Å². The molecule has 1 N–H and O–H groups in total. The lowest BCUT2D eigenvalue weighted by molar-refractivity contribution is -0.138. The van der Waals surface area contributed by atoms with E-state index in [0.717, 1.165) is 11.5 Å². The van der Waals surface area contributed by atoms with Gasteiger partial charge in [0.15, 0.2) is 0 Å². The molecule has 0 spiro atoms. The Kier molecular flexibility index (Phi) is 4.75. The van der Waals surface area contributed by atoms with E-state index in [2.05, 4.69) is 32.9 Å². The molecule has 1 atom stereocenters. The number of carboxylic acid groups (broad SMARTS) is 1. The van der Waals surface area contributed by atoms with E-state index >= 15 is 0 Å². The largest absolute Gasteiger partial charge is 0.481 e. The van der Waals surface area contributed by atoms with Gasteiger partial charge in [0.2, 0.25) is 0 Å². The fourth-order valence-corrected chi connectivity index (χ4v) is 3.49. The van der Waals surface area contributed by atoms with E-state index in [0.29, 0.717) is 11.3 Å². The molecule has 0 aliphatic heterocycles. The second-order valence-corrected chi connectivity index (χ2v) is 7.64. The predicted octanol–water partition coefficient (Wildman–Crippen LogP) is 5.19. The molecule has 2 nitrogen and oxygen atoms in total. The standard InChI is InChI=1S/C19H28O2/c1-13(18(20)21)14-5-7-15(8-6-14)16-9-11-17(12-10-16)19(2,3)4/h5-8,13,16-17H,9-12H2,1-4H3,(H,20,21)/t13-,16?,17?/m1/s1. The third kappa shape index (κ3) is 3.87. The minimum Gasteiger partial charge on any atom is -0.481 e. The van der Waals surface area contributed by atoms with Crippen LogP contribution in [0.2, 0.25) is 0 Å². The zero-order chi connectivity index (χ0) is 15.6. The molecule has 21 heavy (non-hydrogen) atoms. The molecule has 2 heteroatoms. The summed E-state index contributed by atoms with van der Waals surface area (Å²) in [6.45, 7) is 8.78. The summed E-state index contributed by atoms with van der Waals surface area (Å²) in [5.74, 6) is 0.307. The van der Waals surface area contributed by atoms with Crippen LogP contribution in [0.4, 0.5) is 0 Å². The average Bonchev–Trinajstić information content (AvgIpc) is 2.46. The molecule has 0 unspecified atom stereocenters. The second kappa shape index (κ2) is 6.21. The maximum Gasteiger partial charge on any atom is 0.310 e. The van der Waals surface area contributed by atoms with E-state index in [1.165, 1.54) is 31.2 Å². The van der Waals surface area contributed by atoms with Crippen molar-refractivity contribution in [3.63, 3.8) is 0 Å². The Morgan fingerprint density at radius 2 is 1.62 bits per heavy atom. The SMILES string of the molecule is C[C@@H](C(=O)O)c1ccc(C2CCC(C(C)(C)C)CC2)cc1. The summed E-state index contributed by atoms with van der Waals surface area (Å²) in [5.41, 5.74) is 2.70. The summed E-state index contributed by atoms with van der Waals surface area (Å²) in [7, 11) is 0. The van der Waals surface area contributed by atoms with E-state index in [1.54, 1.807) is 6.92 Å². The first-order chi connectivity index (χ1) is 9.79. The van der Waals surface area contributed by atoms with Gasteiger partial charge >= 0.3 is 5.97 Å². The van der Waals surface area contributed by atoms with Gasteiger partial charge in [0.25, 0.3) is 0 Å².